The van der Waals surface area contributed by atoms with Gasteiger partial charge in [-0.3, -0.25) is 18.6 Å². The topological polar surface area (TPSA) is 108 Å². The molecule has 0 amide bonds. The summed E-state index contributed by atoms with van der Waals surface area (Å²) in [7, 11) is 1.49. The molecule has 0 heterocycles. The van der Waals surface area contributed by atoms with Crippen LogP contribution in [0.4, 0.5) is 0 Å². The Morgan fingerprint density at radius 2 is 0.582 bits per heavy atom. The average Bonchev–Trinajstić information content (AvgIpc) is 1.08. The molecule has 0 aliphatic heterocycles. The van der Waals surface area contributed by atoms with Crippen LogP contribution < -0.4 is 0 Å². The van der Waals surface area contributed by atoms with Gasteiger partial charge in [-0.2, -0.15) is 0 Å². The maximum atomic E-state index is 12.9. The third kappa shape index (κ3) is 81.6. The van der Waals surface area contributed by atoms with Crippen molar-refractivity contribution in [3.05, 3.63) is 109 Å². The summed E-state index contributed by atoms with van der Waals surface area (Å²) in [6, 6.07) is 0. The molecule has 9 nitrogen and oxygen atoms in total. The molecular formula is C88H159NO8P+. The lowest BCUT2D eigenvalue weighted by molar-refractivity contribution is -0.870. The van der Waals surface area contributed by atoms with Crippen LogP contribution in [0.5, 0.6) is 0 Å². The van der Waals surface area contributed by atoms with E-state index in [0.29, 0.717) is 23.9 Å². The molecule has 568 valence electrons. The standard InChI is InChI=1S/C88H158NO8P/c1-6-8-10-12-14-16-18-20-22-24-26-28-30-32-34-36-38-40-41-42-43-44-45-46-47-49-51-53-55-57-59-61-63-65-67-69-71-73-75-77-79-81-88(91)97-86(85-96-98(92,93)95-83-82-89(3,4)5)84-94-87(90)80-78-76-74-72-70-68-66-64-62-60-58-56-54-52-50-48-39-37-35-33-31-29-27-25-23-21-19-17-15-13-11-9-7-2/h8,10,14,16,20,22,25-28,32,34,38,40,42-43,45-46,86H,6-7,9,11-13,15,17-19,21,23-24,29-31,33,35-37,39,41,44,47-85H2,1-5H3/p+1/b10-8-,16-14-,22-20-,27-25-,28-26-,34-32-,40-38-,43-42-,46-45-. The highest BCUT2D eigenvalue weighted by Gasteiger charge is 2.27. The Bertz CT molecular complexity index is 2030. The van der Waals surface area contributed by atoms with Crippen LogP contribution in [0.2, 0.25) is 0 Å². The van der Waals surface area contributed by atoms with Gasteiger partial charge in [0.15, 0.2) is 6.10 Å². The smallest absolute Gasteiger partial charge is 0.462 e. The molecule has 0 aliphatic rings. The molecule has 0 fully saturated rings. The summed E-state index contributed by atoms with van der Waals surface area (Å²) in [5, 5.41) is 0. The molecule has 0 spiro atoms. The number of phosphoric acid groups is 1. The highest BCUT2D eigenvalue weighted by molar-refractivity contribution is 7.47. The molecule has 0 aromatic heterocycles. The second-order valence-corrected chi connectivity index (χ2v) is 30.6. The number of allylic oxidation sites excluding steroid dienone is 18. The predicted octanol–water partition coefficient (Wildman–Crippen LogP) is 28.0. The molecule has 1 N–H and O–H groups in total. The number of carbonyl (C=O) groups excluding carboxylic acids is 2. The molecule has 0 aliphatic carbocycles. The minimum atomic E-state index is -4.40. The van der Waals surface area contributed by atoms with Gasteiger partial charge in [0.25, 0.3) is 0 Å². The highest BCUT2D eigenvalue weighted by atomic mass is 31.2. The number of unbranched alkanes of at least 4 members (excludes halogenated alkanes) is 45. The molecule has 0 aromatic carbocycles. The normalized spacial score (nSPS) is 13.6. The Kier molecular flexibility index (Phi) is 75.2. The number of esters is 2. The van der Waals surface area contributed by atoms with E-state index in [4.69, 9.17) is 18.5 Å². The number of rotatable bonds is 77. The molecule has 0 radical (unpaired) electrons. The van der Waals surface area contributed by atoms with Gasteiger partial charge in [-0.1, -0.05) is 380 Å². The first-order valence-corrected chi connectivity index (χ1v) is 43.1. The molecule has 10 heteroatoms. The molecule has 0 aromatic rings. The Balaban J connectivity index is 3.94. The predicted molar refractivity (Wildman–Crippen MR) is 427 cm³/mol. The van der Waals surface area contributed by atoms with Gasteiger partial charge in [0.1, 0.15) is 19.8 Å². The number of ether oxygens (including phenoxy) is 2. The summed E-state index contributed by atoms with van der Waals surface area (Å²) >= 11 is 0. The summed E-state index contributed by atoms with van der Waals surface area (Å²) < 4.78 is 34.9. The minimum absolute atomic E-state index is 0.0309. The molecule has 0 bridgehead atoms. The maximum Gasteiger partial charge on any atom is 0.472 e. The van der Waals surface area contributed by atoms with E-state index >= 15 is 0 Å². The van der Waals surface area contributed by atoms with E-state index in [-0.39, 0.29) is 25.6 Å². The summed E-state index contributed by atoms with van der Waals surface area (Å²) in [4.78, 5) is 36.0. The zero-order valence-electron chi connectivity index (χ0n) is 65.0. The van der Waals surface area contributed by atoms with Gasteiger partial charge in [0.05, 0.1) is 27.7 Å². The van der Waals surface area contributed by atoms with Gasteiger partial charge in [-0.15, -0.1) is 0 Å². The lowest BCUT2D eigenvalue weighted by Gasteiger charge is -2.24. The molecule has 0 saturated carbocycles. The lowest BCUT2D eigenvalue weighted by atomic mass is 10.0. The Labute approximate surface area is 607 Å². The van der Waals surface area contributed by atoms with Gasteiger partial charge < -0.3 is 18.9 Å². The van der Waals surface area contributed by atoms with E-state index in [1.54, 1.807) is 0 Å². The van der Waals surface area contributed by atoms with Gasteiger partial charge >= 0.3 is 19.8 Å². The maximum absolute atomic E-state index is 12.9. The monoisotopic (exact) mass is 1390 g/mol. The van der Waals surface area contributed by atoms with Crippen LogP contribution >= 0.6 is 7.82 Å². The Morgan fingerprint density at radius 3 is 0.878 bits per heavy atom. The Hall–Kier alpha value is -3.33. The second kappa shape index (κ2) is 77.8. The van der Waals surface area contributed by atoms with Gasteiger partial charge in [-0.25, -0.2) is 4.57 Å². The second-order valence-electron chi connectivity index (χ2n) is 29.1. The largest absolute Gasteiger partial charge is 0.472 e. The van der Waals surface area contributed by atoms with Crippen LogP contribution in [-0.2, 0) is 32.7 Å². The van der Waals surface area contributed by atoms with E-state index in [2.05, 4.69) is 123 Å². The van der Waals surface area contributed by atoms with E-state index in [9.17, 15) is 19.0 Å². The van der Waals surface area contributed by atoms with Crippen LogP contribution in [0, 0.1) is 0 Å². The van der Waals surface area contributed by atoms with Crippen molar-refractivity contribution in [3.8, 4) is 0 Å². The van der Waals surface area contributed by atoms with Crippen molar-refractivity contribution < 1.29 is 42.1 Å². The summed E-state index contributed by atoms with van der Waals surface area (Å²) in [6.45, 7) is 4.37. The van der Waals surface area contributed by atoms with Crippen molar-refractivity contribution in [2.75, 3.05) is 47.5 Å². The fourth-order valence-corrected chi connectivity index (χ4v) is 12.7. The third-order valence-electron chi connectivity index (χ3n) is 18.3. The number of hydrogen-bond donors (Lipinski definition) is 1. The van der Waals surface area contributed by atoms with Crippen LogP contribution in [0.3, 0.4) is 0 Å². The van der Waals surface area contributed by atoms with Crippen molar-refractivity contribution in [2.24, 2.45) is 0 Å². The lowest BCUT2D eigenvalue weighted by Crippen LogP contribution is -2.37. The minimum Gasteiger partial charge on any atom is -0.462 e. The first kappa shape index (κ1) is 94.7. The zero-order chi connectivity index (χ0) is 71.1. The molecule has 0 saturated heterocycles. The summed E-state index contributed by atoms with van der Waals surface area (Å²) in [5.41, 5.74) is 0. The number of quaternary nitrogens is 1. The molecule has 2 atom stereocenters. The van der Waals surface area contributed by atoms with Crippen molar-refractivity contribution in [1.29, 1.82) is 0 Å². The zero-order valence-corrected chi connectivity index (χ0v) is 65.9. The van der Waals surface area contributed by atoms with Crippen LogP contribution in [0.15, 0.2) is 109 Å². The third-order valence-corrected chi connectivity index (χ3v) is 19.3. The number of hydrogen-bond acceptors (Lipinski definition) is 7. The van der Waals surface area contributed by atoms with Crippen molar-refractivity contribution in [1.82, 2.24) is 0 Å². The average molecular weight is 1390 g/mol. The van der Waals surface area contributed by atoms with Crippen LogP contribution in [0.25, 0.3) is 0 Å². The molecule has 98 heavy (non-hydrogen) atoms. The quantitative estimate of drug-likeness (QED) is 0.0211. The van der Waals surface area contributed by atoms with Gasteiger partial charge in [-0.05, 0) is 103 Å². The first-order chi connectivity index (χ1) is 48.0. The fourth-order valence-electron chi connectivity index (χ4n) is 12.0. The number of phosphoric ester groups is 1. The molecule has 2 unspecified atom stereocenters. The first-order valence-electron chi connectivity index (χ1n) is 41.6. The summed E-state index contributed by atoms with van der Waals surface area (Å²) in [6.07, 6.45) is 111. The van der Waals surface area contributed by atoms with E-state index in [1.165, 1.54) is 270 Å². The van der Waals surface area contributed by atoms with Crippen molar-refractivity contribution in [3.63, 3.8) is 0 Å². The molecule has 0 rings (SSSR count). The highest BCUT2D eigenvalue weighted by Crippen LogP contribution is 2.43. The number of likely N-dealkylation sites (N-methyl/N-ethyl adjacent to an activating group) is 1. The van der Waals surface area contributed by atoms with Crippen LogP contribution in [0.1, 0.15) is 386 Å². The molecular weight excluding hydrogens is 1230 g/mol. The summed E-state index contributed by atoms with van der Waals surface area (Å²) in [5.74, 6) is -0.781. The van der Waals surface area contributed by atoms with E-state index < -0.39 is 26.5 Å². The van der Waals surface area contributed by atoms with Crippen molar-refractivity contribution in [2.45, 2.75) is 392 Å². The van der Waals surface area contributed by atoms with Gasteiger partial charge in [0.2, 0.25) is 0 Å². The van der Waals surface area contributed by atoms with E-state index in [1.807, 2.05) is 21.1 Å². The van der Waals surface area contributed by atoms with Crippen molar-refractivity contribution >= 4 is 19.8 Å². The fraction of sp³-hybridized carbons (Fsp3) is 0.773. The SMILES string of the molecule is CC/C=C\C/C=C\C/C=C\C/C=C\C/C=C\C/C=C\C/C=C\C/C=C\CCCCCCCCCCCCCCCCCCC(=O)OC(COC(=O)CCCCCCCCCCCCCCCCCCCCCCC/C=C\CCCCCCCCCC)COP(=O)(O)OCC[N+](C)(C)C. The number of nitrogens with zero attached hydrogens (tertiary/aromatic N) is 1. The van der Waals surface area contributed by atoms with E-state index in [0.717, 1.165) is 83.5 Å². The van der Waals surface area contributed by atoms with Crippen LogP contribution in [-0.4, -0.2) is 74.9 Å². The Morgan fingerprint density at radius 1 is 0.327 bits per heavy atom. The van der Waals surface area contributed by atoms with Gasteiger partial charge in [0, 0.05) is 12.8 Å². The number of carbonyl (C=O) groups is 2.